The molecule has 5 nitrogen and oxygen atoms in total. The summed E-state index contributed by atoms with van der Waals surface area (Å²) < 4.78 is 1.01. The van der Waals surface area contributed by atoms with Crippen LogP contribution in [-0.2, 0) is 4.79 Å². The van der Waals surface area contributed by atoms with Gasteiger partial charge in [-0.1, -0.05) is 61.0 Å². The van der Waals surface area contributed by atoms with Gasteiger partial charge in [0.05, 0.1) is 22.7 Å². The topological polar surface area (TPSA) is 70.1 Å². The summed E-state index contributed by atoms with van der Waals surface area (Å²) in [6, 6.07) is 15.8. The highest BCUT2D eigenvalue weighted by Crippen LogP contribution is 2.59. The molecule has 2 aromatic carbocycles. The molecule has 0 aliphatic heterocycles. The molecule has 2 N–H and O–H groups in total. The van der Waals surface area contributed by atoms with Crippen molar-refractivity contribution >= 4 is 39.1 Å². The second-order valence-electron chi connectivity index (χ2n) is 8.53. The Labute approximate surface area is 179 Å². The van der Waals surface area contributed by atoms with Crippen molar-refractivity contribution in [2.45, 2.75) is 39.5 Å². The molecule has 1 aliphatic carbocycles. The number of rotatable bonds is 4. The summed E-state index contributed by atoms with van der Waals surface area (Å²) >= 11 is 3.42. The number of carbonyl (C=O) groups excluding carboxylic acids is 1. The summed E-state index contributed by atoms with van der Waals surface area (Å²) in [6.07, 6.45) is 3.38. The van der Waals surface area contributed by atoms with Gasteiger partial charge in [-0.3, -0.25) is 4.79 Å². The number of fused-ring (bicyclic) bond motifs is 1. The Morgan fingerprint density at radius 1 is 1.21 bits per heavy atom. The highest BCUT2D eigenvalue weighted by molar-refractivity contribution is 9.10. The lowest BCUT2D eigenvalue weighted by atomic mass is 9.65. The number of nitrogens with one attached hydrogen (secondary N) is 2. The van der Waals surface area contributed by atoms with Crippen LogP contribution in [0.15, 0.2) is 58.1 Å². The van der Waals surface area contributed by atoms with Gasteiger partial charge in [0.15, 0.2) is 0 Å². The van der Waals surface area contributed by atoms with Crippen LogP contribution in [0, 0.1) is 10.8 Å². The zero-order chi connectivity index (χ0) is 20.6. The van der Waals surface area contributed by atoms with Gasteiger partial charge >= 0.3 is 0 Å². The van der Waals surface area contributed by atoms with Crippen LogP contribution in [0.1, 0.15) is 50.9 Å². The summed E-state index contributed by atoms with van der Waals surface area (Å²) in [7, 11) is 0. The van der Waals surface area contributed by atoms with Crippen LogP contribution in [0.25, 0.3) is 11.0 Å². The van der Waals surface area contributed by atoms with Crippen LogP contribution >= 0.6 is 15.9 Å². The van der Waals surface area contributed by atoms with E-state index in [-0.39, 0.29) is 17.2 Å². The lowest BCUT2D eigenvalue weighted by molar-refractivity contribution is -0.135. The first-order valence-corrected chi connectivity index (χ1v) is 10.6. The van der Waals surface area contributed by atoms with Crippen LogP contribution in [0.2, 0.25) is 0 Å². The predicted molar refractivity (Wildman–Crippen MR) is 120 cm³/mol. The maximum atomic E-state index is 13.1. The van der Waals surface area contributed by atoms with E-state index in [4.69, 9.17) is 4.98 Å². The van der Waals surface area contributed by atoms with Gasteiger partial charge in [0.2, 0.25) is 5.91 Å². The summed E-state index contributed by atoms with van der Waals surface area (Å²) in [5, 5.41) is 4.20. The third kappa shape index (κ3) is 3.50. The van der Waals surface area contributed by atoms with Crippen molar-refractivity contribution in [3.63, 3.8) is 0 Å². The first-order chi connectivity index (χ1) is 13.8. The zero-order valence-corrected chi connectivity index (χ0v) is 18.5. The summed E-state index contributed by atoms with van der Waals surface area (Å²) in [4.78, 5) is 21.4. The molecule has 2 unspecified atom stereocenters. The highest BCUT2D eigenvalue weighted by Gasteiger charge is 2.57. The number of aromatic nitrogens is 2. The van der Waals surface area contributed by atoms with Gasteiger partial charge < -0.3 is 4.98 Å². The van der Waals surface area contributed by atoms with Crippen molar-refractivity contribution in [2.75, 3.05) is 0 Å². The molecule has 2 atom stereocenters. The number of H-pyrrole nitrogens is 1. The number of aromatic amines is 1. The van der Waals surface area contributed by atoms with Crippen molar-refractivity contribution in [3.8, 4) is 0 Å². The SMILES string of the molecule is CC1(C(=O)NN=Cc2ccc(Br)cc2)CCC(c2nc3ccccc3[nH]2)C1(C)C. The molecule has 1 aliphatic rings. The quantitative estimate of drug-likeness (QED) is 0.411. The van der Waals surface area contributed by atoms with Crippen LogP contribution in [0.4, 0.5) is 0 Å². The van der Waals surface area contributed by atoms with E-state index in [1.807, 2.05) is 55.5 Å². The first kappa shape index (κ1) is 19.8. The minimum atomic E-state index is -0.534. The minimum Gasteiger partial charge on any atom is -0.342 e. The first-order valence-electron chi connectivity index (χ1n) is 9.85. The monoisotopic (exact) mass is 452 g/mol. The molecule has 1 aromatic heterocycles. The zero-order valence-electron chi connectivity index (χ0n) is 16.9. The van der Waals surface area contributed by atoms with Gasteiger partial charge in [0, 0.05) is 10.4 Å². The van der Waals surface area contributed by atoms with Crippen LogP contribution in [-0.4, -0.2) is 22.1 Å². The molecule has 1 fully saturated rings. The van der Waals surface area contributed by atoms with E-state index in [0.29, 0.717) is 0 Å². The van der Waals surface area contributed by atoms with Gasteiger partial charge in [-0.15, -0.1) is 0 Å². The van der Waals surface area contributed by atoms with E-state index in [0.717, 1.165) is 39.7 Å². The van der Waals surface area contributed by atoms with Crippen LogP contribution in [0.3, 0.4) is 0 Å². The van der Waals surface area contributed by atoms with E-state index < -0.39 is 5.41 Å². The van der Waals surface area contributed by atoms with E-state index in [2.05, 4.69) is 45.3 Å². The lowest BCUT2D eigenvalue weighted by Gasteiger charge is -2.39. The number of hydrogen-bond donors (Lipinski definition) is 2. The van der Waals surface area contributed by atoms with Gasteiger partial charge in [0.25, 0.3) is 0 Å². The van der Waals surface area contributed by atoms with E-state index >= 15 is 0 Å². The standard InChI is InChI=1S/C23H25BrN4O/c1-22(2)17(20-26-18-6-4-5-7-19(18)27-20)12-13-23(22,3)21(29)28-25-14-15-8-10-16(24)11-9-15/h4-11,14,17H,12-13H2,1-3H3,(H,26,27)(H,28,29). The fourth-order valence-corrected chi connectivity index (χ4v) is 4.62. The molecular weight excluding hydrogens is 428 g/mol. The number of para-hydroxylation sites is 2. The molecule has 1 heterocycles. The van der Waals surface area contributed by atoms with Crippen molar-refractivity contribution in [1.29, 1.82) is 0 Å². The summed E-state index contributed by atoms with van der Waals surface area (Å²) in [5.74, 6) is 1.10. The maximum absolute atomic E-state index is 13.1. The molecule has 1 saturated carbocycles. The fraction of sp³-hybridized carbons (Fsp3) is 0.348. The van der Waals surface area contributed by atoms with Crippen LogP contribution < -0.4 is 5.43 Å². The summed E-state index contributed by atoms with van der Waals surface area (Å²) in [6.45, 7) is 6.37. The van der Waals surface area contributed by atoms with E-state index in [1.165, 1.54) is 0 Å². The number of halogens is 1. The number of hydrogen-bond acceptors (Lipinski definition) is 3. The fourth-order valence-electron chi connectivity index (χ4n) is 4.36. The molecule has 0 bridgehead atoms. The smallest absolute Gasteiger partial charge is 0.246 e. The van der Waals surface area contributed by atoms with Gasteiger partial charge in [-0.2, -0.15) is 5.10 Å². The second-order valence-corrected chi connectivity index (χ2v) is 9.45. The molecule has 0 radical (unpaired) electrons. The van der Waals surface area contributed by atoms with E-state index in [9.17, 15) is 4.79 Å². The van der Waals surface area contributed by atoms with Crippen molar-refractivity contribution in [2.24, 2.45) is 15.9 Å². The number of benzene rings is 2. The molecule has 0 saturated heterocycles. The Morgan fingerprint density at radius 3 is 2.66 bits per heavy atom. The average Bonchev–Trinajstić information content (AvgIpc) is 3.22. The molecule has 0 spiro atoms. The summed E-state index contributed by atoms with van der Waals surface area (Å²) in [5.41, 5.74) is 4.91. The maximum Gasteiger partial charge on any atom is 0.246 e. The molecule has 6 heteroatoms. The van der Waals surface area contributed by atoms with Crippen LogP contribution in [0.5, 0.6) is 0 Å². The normalized spacial score (nSPS) is 23.7. The van der Waals surface area contributed by atoms with Crippen molar-refractivity contribution in [3.05, 3.63) is 64.4 Å². The Balaban J connectivity index is 1.52. The third-order valence-corrected chi connectivity index (χ3v) is 7.24. The Morgan fingerprint density at radius 2 is 1.93 bits per heavy atom. The number of hydrazone groups is 1. The average molecular weight is 453 g/mol. The number of nitrogens with zero attached hydrogens (tertiary/aromatic N) is 2. The predicted octanol–water partition coefficient (Wildman–Crippen LogP) is 5.39. The molecule has 150 valence electrons. The Kier molecular flexibility index (Phi) is 5.07. The molecule has 1 amide bonds. The Bertz CT molecular complexity index is 1040. The van der Waals surface area contributed by atoms with Gasteiger partial charge in [0.1, 0.15) is 5.82 Å². The molecule has 29 heavy (non-hydrogen) atoms. The van der Waals surface area contributed by atoms with E-state index in [1.54, 1.807) is 6.21 Å². The third-order valence-electron chi connectivity index (χ3n) is 6.71. The number of amides is 1. The lowest BCUT2D eigenvalue weighted by Crippen LogP contribution is -2.45. The highest BCUT2D eigenvalue weighted by atomic mass is 79.9. The van der Waals surface area contributed by atoms with Crippen molar-refractivity contribution in [1.82, 2.24) is 15.4 Å². The second kappa shape index (κ2) is 7.41. The minimum absolute atomic E-state index is 0.0468. The number of carbonyl (C=O) groups is 1. The molecule has 4 rings (SSSR count). The molecule has 3 aromatic rings. The van der Waals surface area contributed by atoms with Crippen molar-refractivity contribution < 1.29 is 4.79 Å². The van der Waals surface area contributed by atoms with Gasteiger partial charge in [-0.05, 0) is 48.1 Å². The molecular formula is C23H25BrN4O. The Hall–Kier alpha value is -2.47. The largest absolute Gasteiger partial charge is 0.342 e. The number of imidazole rings is 1. The van der Waals surface area contributed by atoms with Gasteiger partial charge in [-0.25, -0.2) is 10.4 Å².